The van der Waals surface area contributed by atoms with Crippen molar-refractivity contribution >= 4 is 33.2 Å². The number of benzene rings is 1. The maximum Gasteiger partial charge on any atom is 0.240 e. The Kier molecular flexibility index (Phi) is 5.30. The molecular weight excluding hydrogens is 270 g/mol. The number of nitrogens with one attached hydrogen (secondary N) is 2. The summed E-state index contributed by atoms with van der Waals surface area (Å²) in [7, 11) is -2.05. The van der Waals surface area contributed by atoms with Crippen LogP contribution in [-0.4, -0.2) is 33.5 Å². The van der Waals surface area contributed by atoms with Gasteiger partial charge in [0.15, 0.2) is 0 Å². The number of hydrogen-bond acceptors (Lipinski definition) is 5. The van der Waals surface area contributed by atoms with Gasteiger partial charge in [-0.05, 0) is 31.5 Å². The fourth-order valence-electron chi connectivity index (χ4n) is 1.31. The van der Waals surface area contributed by atoms with Crippen LogP contribution in [-0.2, 0) is 10.0 Å². The van der Waals surface area contributed by atoms with Gasteiger partial charge in [-0.1, -0.05) is 6.92 Å². The van der Waals surface area contributed by atoms with Crippen LogP contribution in [0.4, 0.5) is 11.4 Å². The van der Waals surface area contributed by atoms with Crippen molar-refractivity contribution in [3.8, 4) is 0 Å². The van der Waals surface area contributed by atoms with E-state index in [0.717, 1.165) is 6.54 Å². The monoisotopic (exact) mass is 289 g/mol. The van der Waals surface area contributed by atoms with Crippen molar-refractivity contribution in [2.45, 2.75) is 17.1 Å². The van der Waals surface area contributed by atoms with Gasteiger partial charge in [0.05, 0.1) is 16.3 Å². The molecule has 0 bridgehead atoms. The number of thioether (sulfide) groups is 1. The first-order valence-electron chi connectivity index (χ1n) is 5.50. The van der Waals surface area contributed by atoms with Crippen LogP contribution >= 0.6 is 11.8 Å². The van der Waals surface area contributed by atoms with E-state index in [1.54, 1.807) is 23.9 Å². The molecule has 0 radical (unpaired) electrons. The van der Waals surface area contributed by atoms with E-state index in [2.05, 4.69) is 17.0 Å². The smallest absolute Gasteiger partial charge is 0.240 e. The largest absolute Gasteiger partial charge is 0.397 e. The second-order valence-electron chi connectivity index (χ2n) is 3.88. The average molecular weight is 289 g/mol. The van der Waals surface area contributed by atoms with Crippen molar-refractivity contribution in [2.75, 3.05) is 30.9 Å². The normalized spacial score (nSPS) is 13.3. The molecule has 0 saturated carbocycles. The first-order chi connectivity index (χ1) is 8.40. The van der Waals surface area contributed by atoms with Crippen molar-refractivity contribution in [3.05, 3.63) is 18.2 Å². The van der Waals surface area contributed by atoms with E-state index in [4.69, 9.17) is 5.73 Å². The lowest BCUT2D eigenvalue weighted by molar-refractivity contribution is 0.588. The fourth-order valence-corrected chi connectivity index (χ4v) is 2.32. The Morgan fingerprint density at radius 1 is 1.44 bits per heavy atom. The Hall–Kier alpha value is -0.920. The molecule has 5 nitrogen and oxygen atoms in total. The lowest BCUT2D eigenvalue weighted by Gasteiger charge is -2.14. The summed E-state index contributed by atoms with van der Waals surface area (Å²) >= 11 is 1.73. The predicted octanol–water partition coefficient (Wildman–Crippen LogP) is 1.34. The summed E-state index contributed by atoms with van der Waals surface area (Å²) in [6.45, 7) is 2.82. The third-order valence-corrected chi connectivity index (χ3v) is 4.97. The molecule has 1 aromatic rings. The molecule has 1 rings (SSSR count). The lowest BCUT2D eigenvalue weighted by atomic mass is 10.2. The van der Waals surface area contributed by atoms with Crippen molar-refractivity contribution in [1.29, 1.82) is 0 Å². The Morgan fingerprint density at radius 3 is 2.67 bits per heavy atom. The standard InChI is InChI=1S/C11H19N3O2S2/c1-8(17-3)7-14-11-6-9(4-5-10(11)12)18(15,16)13-2/h4-6,8,13-14H,7,12H2,1-3H3. The van der Waals surface area contributed by atoms with E-state index in [1.807, 2.05) is 6.26 Å². The molecule has 1 aromatic carbocycles. The number of anilines is 2. The van der Waals surface area contributed by atoms with Gasteiger partial charge < -0.3 is 11.1 Å². The van der Waals surface area contributed by atoms with Crippen LogP contribution in [0.1, 0.15) is 6.92 Å². The third kappa shape index (κ3) is 3.79. The molecule has 0 spiro atoms. The fraction of sp³-hybridized carbons (Fsp3) is 0.455. The quantitative estimate of drug-likeness (QED) is 0.688. The highest BCUT2D eigenvalue weighted by Gasteiger charge is 2.13. The second kappa shape index (κ2) is 6.31. The van der Waals surface area contributed by atoms with E-state index < -0.39 is 10.0 Å². The van der Waals surface area contributed by atoms with Crippen molar-refractivity contribution < 1.29 is 8.42 Å². The van der Waals surface area contributed by atoms with E-state index in [0.29, 0.717) is 16.6 Å². The van der Waals surface area contributed by atoms with Crippen molar-refractivity contribution in [1.82, 2.24) is 4.72 Å². The summed E-state index contributed by atoms with van der Waals surface area (Å²) in [6.07, 6.45) is 2.03. The molecule has 0 aromatic heterocycles. The van der Waals surface area contributed by atoms with Gasteiger partial charge >= 0.3 is 0 Å². The summed E-state index contributed by atoms with van der Waals surface area (Å²) in [6, 6.07) is 4.63. The number of hydrogen-bond donors (Lipinski definition) is 3. The minimum atomic E-state index is -3.43. The Labute approximate surface area is 113 Å². The van der Waals surface area contributed by atoms with Gasteiger partial charge in [-0.2, -0.15) is 11.8 Å². The summed E-state index contributed by atoms with van der Waals surface area (Å²) < 4.78 is 25.6. The number of nitrogens with two attached hydrogens (primary N) is 1. The zero-order chi connectivity index (χ0) is 13.8. The van der Waals surface area contributed by atoms with Gasteiger partial charge in [0.2, 0.25) is 10.0 Å². The van der Waals surface area contributed by atoms with E-state index in [9.17, 15) is 8.42 Å². The molecule has 0 fully saturated rings. The Bertz CT molecular complexity index is 503. The third-order valence-electron chi connectivity index (χ3n) is 2.59. The van der Waals surface area contributed by atoms with Crippen LogP contribution in [0.5, 0.6) is 0 Å². The highest BCUT2D eigenvalue weighted by atomic mass is 32.2. The van der Waals surface area contributed by atoms with Gasteiger partial charge in [-0.15, -0.1) is 0 Å². The van der Waals surface area contributed by atoms with Crippen LogP contribution < -0.4 is 15.8 Å². The Morgan fingerprint density at radius 2 is 2.11 bits per heavy atom. The molecule has 0 aliphatic rings. The van der Waals surface area contributed by atoms with E-state index >= 15 is 0 Å². The molecule has 7 heteroatoms. The lowest BCUT2D eigenvalue weighted by Crippen LogP contribution is -2.19. The highest BCUT2D eigenvalue weighted by molar-refractivity contribution is 7.99. The van der Waals surface area contributed by atoms with Crippen LogP contribution in [0, 0.1) is 0 Å². The Balaban J connectivity index is 2.95. The van der Waals surface area contributed by atoms with Crippen LogP contribution in [0.15, 0.2) is 23.1 Å². The van der Waals surface area contributed by atoms with Crippen LogP contribution in [0.3, 0.4) is 0 Å². The zero-order valence-corrected chi connectivity index (χ0v) is 12.4. The SMILES string of the molecule is CNS(=O)(=O)c1ccc(N)c(NCC(C)SC)c1. The topological polar surface area (TPSA) is 84.2 Å². The molecule has 0 amide bonds. The summed E-state index contributed by atoms with van der Waals surface area (Å²) in [5, 5.41) is 3.59. The minimum absolute atomic E-state index is 0.207. The van der Waals surface area contributed by atoms with Gasteiger partial charge in [0.25, 0.3) is 0 Å². The molecular formula is C11H19N3O2S2. The maximum atomic E-state index is 11.7. The second-order valence-corrected chi connectivity index (χ2v) is 7.05. The van der Waals surface area contributed by atoms with Gasteiger partial charge in [0, 0.05) is 11.8 Å². The zero-order valence-electron chi connectivity index (χ0n) is 10.7. The molecule has 102 valence electrons. The summed E-state index contributed by atoms with van der Waals surface area (Å²) in [5.41, 5.74) is 7.00. The maximum absolute atomic E-state index is 11.7. The van der Waals surface area contributed by atoms with E-state index in [-0.39, 0.29) is 4.90 Å². The summed E-state index contributed by atoms with van der Waals surface area (Å²) in [5.74, 6) is 0. The molecule has 0 saturated heterocycles. The van der Waals surface area contributed by atoms with E-state index in [1.165, 1.54) is 13.1 Å². The van der Waals surface area contributed by atoms with Crippen LogP contribution in [0.25, 0.3) is 0 Å². The number of nitrogen functional groups attached to an aromatic ring is 1. The molecule has 1 atom stereocenters. The average Bonchev–Trinajstić information content (AvgIpc) is 2.37. The first kappa shape index (κ1) is 15.1. The molecule has 4 N–H and O–H groups in total. The molecule has 18 heavy (non-hydrogen) atoms. The highest BCUT2D eigenvalue weighted by Crippen LogP contribution is 2.23. The molecule has 0 aliphatic heterocycles. The molecule has 0 heterocycles. The first-order valence-corrected chi connectivity index (χ1v) is 8.27. The number of sulfonamides is 1. The van der Waals surface area contributed by atoms with Gasteiger partial charge in [-0.3, -0.25) is 0 Å². The van der Waals surface area contributed by atoms with Crippen molar-refractivity contribution in [2.24, 2.45) is 0 Å². The van der Waals surface area contributed by atoms with Gasteiger partial charge in [-0.25, -0.2) is 13.1 Å². The predicted molar refractivity (Wildman–Crippen MR) is 78.6 cm³/mol. The van der Waals surface area contributed by atoms with Crippen LogP contribution in [0.2, 0.25) is 0 Å². The summed E-state index contributed by atoms with van der Waals surface area (Å²) in [4.78, 5) is 0.207. The molecule has 1 unspecified atom stereocenters. The van der Waals surface area contributed by atoms with Gasteiger partial charge in [0.1, 0.15) is 0 Å². The molecule has 0 aliphatic carbocycles. The minimum Gasteiger partial charge on any atom is -0.397 e. The van der Waals surface area contributed by atoms with Crippen molar-refractivity contribution in [3.63, 3.8) is 0 Å². The number of rotatable bonds is 6.